The molecule has 0 saturated carbocycles. The van der Waals surface area contributed by atoms with Gasteiger partial charge >= 0.3 is 0 Å². The van der Waals surface area contributed by atoms with Crippen LogP contribution in [0.1, 0.15) is 45.1 Å². The van der Waals surface area contributed by atoms with E-state index < -0.39 is 10.0 Å². The third kappa shape index (κ3) is 3.42. The highest BCUT2D eigenvalue weighted by atomic mass is 32.2. The monoisotopic (exact) mass is 316 g/mol. The summed E-state index contributed by atoms with van der Waals surface area (Å²) in [6, 6.07) is 2.01. The molecule has 1 aromatic heterocycles. The Morgan fingerprint density at radius 2 is 2.25 bits per heavy atom. The fraction of sp³-hybridized carbons (Fsp3) is 0.714. The van der Waals surface area contributed by atoms with E-state index in [0.717, 1.165) is 44.3 Å². The Labute approximate surface area is 126 Å². The van der Waals surface area contributed by atoms with Crippen molar-refractivity contribution in [1.82, 2.24) is 9.62 Å². The minimum absolute atomic E-state index is 0.184. The van der Waals surface area contributed by atoms with Gasteiger partial charge in [-0.2, -0.15) is 4.31 Å². The quantitative estimate of drug-likeness (QED) is 0.787. The molecule has 1 aliphatic rings. The van der Waals surface area contributed by atoms with Crippen LogP contribution in [0.15, 0.2) is 15.7 Å². The van der Waals surface area contributed by atoms with Gasteiger partial charge in [0.1, 0.15) is 4.21 Å². The van der Waals surface area contributed by atoms with Crippen molar-refractivity contribution in [3.8, 4) is 0 Å². The van der Waals surface area contributed by atoms with Gasteiger partial charge in [-0.3, -0.25) is 0 Å². The van der Waals surface area contributed by atoms with Crippen molar-refractivity contribution in [3.05, 3.63) is 17.0 Å². The molecule has 1 saturated heterocycles. The summed E-state index contributed by atoms with van der Waals surface area (Å²) in [5.74, 6) is 0. The van der Waals surface area contributed by atoms with E-state index in [4.69, 9.17) is 0 Å². The van der Waals surface area contributed by atoms with Crippen LogP contribution in [0.5, 0.6) is 0 Å². The third-order valence-corrected chi connectivity index (χ3v) is 7.16. The van der Waals surface area contributed by atoms with Crippen LogP contribution in [0.2, 0.25) is 0 Å². The second-order valence-electron chi connectivity index (χ2n) is 5.27. The number of hydrogen-bond donors (Lipinski definition) is 1. The molecular weight excluding hydrogens is 292 g/mol. The topological polar surface area (TPSA) is 49.4 Å². The van der Waals surface area contributed by atoms with Gasteiger partial charge in [0.2, 0.25) is 0 Å². The standard InChI is InChI=1S/C14H24N2O2S2/c1-3-7-15-10-12-9-14(19-11-12)20(17,18)16-8-5-6-13(16)4-2/h9,11,13,15H,3-8,10H2,1-2H3. The lowest BCUT2D eigenvalue weighted by molar-refractivity contribution is 0.380. The van der Waals surface area contributed by atoms with Gasteiger partial charge in [0.15, 0.2) is 0 Å². The summed E-state index contributed by atoms with van der Waals surface area (Å²) >= 11 is 1.34. The van der Waals surface area contributed by atoms with Gasteiger partial charge in [0.05, 0.1) is 0 Å². The summed E-state index contributed by atoms with van der Waals surface area (Å²) < 4.78 is 27.5. The summed E-state index contributed by atoms with van der Waals surface area (Å²) in [5, 5.41) is 5.25. The first-order valence-corrected chi connectivity index (χ1v) is 9.71. The molecule has 1 unspecified atom stereocenters. The number of nitrogens with one attached hydrogen (secondary N) is 1. The Bertz CT molecular complexity index is 525. The zero-order valence-electron chi connectivity index (χ0n) is 12.3. The second kappa shape index (κ2) is 7.02. The average Bonchev–Trinajstić information content (AvgIpc) is 3.08. The lowest BCUT2D eigenvalue weighted by atomic mass is 10.2. The first kappa shape index (κ1) is 15.9. The van der Waals surface area contributed by atoms with Crippen LogP contribution in [-0.2, 0) is 16.6 Å². The second-order valence-corrected chi connectivity index (χ2v) is 8.30. The van der Waals surface area contributed by atoms with Crippen molar-refractivity contribution in [2.75, 3.05) is 13.1 Å². The van der Waals surface area contributed by atoms with E-state index in [1.54, 1.807) is 4.31 Å². The van der Waals surface area contributed by atoms with Gasteiger partial charge in [0.25, 0.3) is 10.0 Å². The van der Waals surface area contributed by atoms with E-state index in [1.165, 1.54) is 11.3 Å². The maximum absolute atomic E-state index is 12.7. The number of nitrogens with zero attached hydrogens (tertiary/aromatic N) is 1. The minimum Gasteiger partial charge on any atom is -0.313 e. The van der Waals surface area contributed by atoms with Crippen LogP contribution in [0.4, 0.5) is 0 Å². The van der Waals surface area contributed by atoms with E-state index in [0.29, 0.717) is 10.8 Å². The zero-order valence-corrected chi connectivity index (χ0v) is 13.9. The fourth-order valence-electron chi connectivity index (χ4n) is 2.64. The van der Waals surface area contributed by atoms with Crippen LogP contribution < -0.4 is 5.32 Å². The normalized spacial score (nSPS) is 20.6. The molecule has 0 aliphatic carbocycles. The maximum atomic E-state index is 12.7. The summed E-state index contributed by atoms with van der Waals surface area (Å²) in [6.45, 7) is 6.56. The van der Waals surface area contributed by atoms with Crippen molar-refractivity contribution in [3.63, 3.8) is 0 Å². The highest BCUT2D eigenvalue weighted by Gasteiger charge is 2.34. The third-order valence-electron chi connectivity index (χ3n) is 3.74. The van der Waals surface area contributed by atoms with E-state index in [2.05, 4.69) is 19.2 Å². The Kier molecular flexibility index (Phi) is 5.60. The Hall–Kier alpha value is -0.430. The Morgan fingerprint density at radius 1 is 1.45 bits per heavy atom. The molecule has 0 bridgehead atoms. The molecular formula is C14H24N2O2S2. The van der Waals surface area contributed by atoms with Crippen molar-refractivity contribution < 1.29 is 8.42 Å². The van der Waals surface area contributed by atoms with E-state index in [1.807, 2.05) is 11.4 Å². The molecule has 0 spiro atoms. The molecule has 0 radical (unpaired) electrons. The molecule has 1 N–H and O–H groups in total. The van der Waals surface area contributed by atoms with Gasteiger partial charge in [-0.25, -0.2) is 8.42 Å². The van der Waals surface area contributed by atoms with Gasteiger partial charge in [-0.15, -0.1) is 11.3 Å². The fourth-order valence-corrected chi connectivity index (χ4v) is 5.74. The summed E-state index contributed by atoms with van der Waals surface area (Å²) in [7, 11) is -3.29. The van der Waals surface area contributed by atoms with Crippen LogP contribution >= 0.6 is 11.3 Å². The van der Waals surface area contributed by atoms with Crippen LogP contribution in [0.25, 0.3) is 0 Å². The molecule has 2 heterocycles. The Balaban J connectivity index is 2.09. The summed E-state index contributed by atoms with van der Waals surface area (Å²) in [5.41, 5.74) is 1.06. The van der Waals surface area contributed by atoms with Crippen LogP contribution in [0, 0.1) is 0 Å². The molecule has 1 fully saturated rings. The first-order valence-electron chi connectivity index (χ1n) is 7.39. The van der Waals surface area contributed by atoms with Gasteiger partial charge in [-0.05, 0) is 49.2 Å². The predicted molar refractivity (Wildman–Crippen MR) is 83.5 cm³/mol. The largest absolute Gasteiger partial charge is 0.313 e. The smallest absolute Gasteiger partial charge is 0.252 e. The van der Waals surface area contributed by atoms with Gasteiger partial charge < -0.3 is 5.32 Å². The predicted octanol–water partition coefficient (Wildman–Crippen LogP) is 2.81. The van der Waals surface area contributed by atoms with Gasteiger partial charge in [-0.1, -0.05) is 13.8 Å². The first-order chi connectivity index (χ1) is 9.59. The van der Waals surface area contributed by atoms with Crippen molar-refractivity contribution in [2.45, 2.75) is 56.3 Å². The minimum atomic E-state index is -3.29. The molecule has 0 aromatic carbocycles. The number of rotatable bonds is 7. The van der Waals surface area contributed by atoms with Crippen molar-refractivity contribution in [2.24, 2.45) is 0 Å². The molecule has 1 aliphatic heterocycles. The highest BCUT2D eigenvalue weighted by Crippen LogP contribution is 2.30. The SMILES string of the molecule is CCCNCc1csc(S(=O)(=O)N2CCCC2CC)c1. The van der Waals surface area contributed by atoms with E-state index >= 15 is 0 Å². The number of hydrogen-bond acceptors (Lipinski definition) is 4. The average molecular weight is 316 g/mol. The van der Waals surface area contributed by atoms with Crippen molar-refractivity contribution >= 4 is 21.4 Å². The maximum Gasteiger partial charge on any atom is 0.252 e. The van der Waals surface area contributed by atoms with Gasteiger partial charge in [0, 0.05) is 19.1 Å². The lowest BCUT2D eigenvalue weighted by Crippen LogP contribution is -2.34. The Morgan fingerprint density at radius 3 is 2.95 bits per heavy atom. The zero-order chi connectivity index (χ0) is 14.6. The molecule has 0 amide bonds. The van der Waals surface area contributed by atoms with Crippen LogP contribution in [-0.4, -0.2) is 31.9 Å². The van der Waals surface area contributed by atoms with Crippen molar-refractivity contribution in [1.29, 1.82) is 0 Å². The molecule has 4 nitrogen and oxygen atoms in total. The summed E-state index contributed by atoms with van der Waals surface area (Å²) in [6.07, 6.45) is 3.96. The lowest BCUT2D eigenvalue weighted by Gasteiger charge is -2.21. The van der Waals surface area contributed by atoms with E-state index in [9.17, 15) is 8.42 Å². The van der Waals surface area contributed by atoms with Crippen LogP contribution in [0.3, 0.4) is 0 Å². The number of thiophene rings is 1. The molecule has 20 heavy (non-hydrogen) atoms. The molecule has 114 valence electrons. The highest BCUT2D eigenvalue weighted by molar-refractivity contribution is 7.91. The van der Waals surface area contributed by atoms with E-state index in [-0.39, 0.29) is 6.04 Å². The molecule has 1 aromatic rings. The molecule has 2 rings (SSSR count). The number of sulfonamides is 1. The molecule has 6 heteroatoms. The summed E-state index contributed by atoms with van der Waals surface area (Å²) in [4.78, 5) is 0. The molecule has 1 atom stereocenters.